The van der Waals surface area contributed by atoms with Crippen LogP contribution in [0.5, 0.6) is 17.2 Å². The van der Waals surface area contributed by atoms with Crippen molar-refractivity contribution in [1.29, 1.82) is 0 Å². The first kappa shape index (κ1) is 26.0. The van der Waals surface area contributed by atoms with Gasteiger partial charge in [0.05, 0.1) is 17.6 Å². The van der Waals surface area contributed by atoms with Crippen LogP contribution in [0.15, 0.2) is 57.7 Å². The van der Waals surface area contributed by atoms with Crippen LogP contribution >= 0.6 is 0 Å². The lowest BCUT2D eigenvalue weighted by atomic mass is 10.1. The molecule has 0 saturated carbocycles. The molecule has 0 fully saturated rings. The standard InChI is InChI=1S/C28H32O7/c1-3-4-5-6-7-8-9-13-18-32-25-23-17-16-22(33-20(2)29)19-24(23)34-28(31)26(25)35-27(30)21-14-11-10-12-15-21/h10-12,14-17,19H,3-9,13,18H2,1-2H3. The first-order valence-electron chi connectivity index (χ1n) is 12.2. The van der Waals surface area contributed by atoms with Crippen molar-refractivity contribution in [3.8, 4) is 17.2 Å². The van der Waals surface area contributed by atoms with Crippen LogP contribution in [0.25, 0.3) is 11.0 Å². The Bertz CT molecular complexity index is 1180. The van der Waals surface area contributed by atoms with Crippen molar-refractivity contribution < 1.29 is 28.2 Å². The van der Waals surface area contributed by atoms with Crippen LogP contribution in [0.2, 0.25) is 0 Å². The molecular weight excluding hydrogens is 448 g/mol. The second-order valence-electron chi connectivity index (χ2n) is 8.38. The van der Waals surface area contributed by atoms with E-state index in [2.05, 4.69) is 6.92 Å². The smallest absolute Gasteiger partial charge is 0.383 e. The molecule has 0 atom stereocenters. The Morgan fingerprint density at radius 2 is 1.51 bits per heavy atom. The molecule has 2 aromatic carbocycles. The lowest BCUT2D eigenvalue weighted by molar-refractivity contribution is -0.131. The summed E-state index contributed by atoms with van der Waals surface area (Å²) in [5, 5.41) is 0.441. The normalized spacial score (nSPS) is 10.8. The van der Waals surface area contributed by atoms with E-state index in [1.54, 1.807) is 42.5 Å². The summed E-state index contributed by atoms with van der Waals surface area (Å²) in [6, 6.07) is 13.0. The van der Waals surface area contributed by atoms with Gasteiger partial charge in [-0.15, -0.1) is 0 Å². The zero-order valence-corrected chi connectivity index (χ0v) is 20.3. The van der Waals surface area contributed by atoms with Crippen LogP contribution in [0.3, 0.4) is 0 Å². The number of rotatable bonds is 13. The lowest BCUT2D eigenvalue weighted by Gasteiger charge is -2.13. The maximum atomic E-state index is 12.8. The number of ether oxygens (including phenoxy) is 3. The Labute approximate surface area is 205 Å². The van der Waals surface area contributed by atoms with E-state index in [0.717, 1.165) is 19.3 Å². The van der Waals surface area contributed by atoms with Crippen molar-refractivity contribution in [3.05, 3.63) is 64.5 Å². The van der Waals surface area contributed by atoms with Crippen LogP contribution in [-0.4, -0.2) is 18.5 Å². The molecule has 0 saturated heterocycles. The molecule has 1 aromatic heterocycles. The van der Waals surface area contributed by atoms with Crippen LogP contribution in [0, 0.1) is 0 Å². The number of benzene rings is 2. The van der Waals surface area contributed by atoms with Gasteiger partial charge in [0.1, 0.15) is 11.3 Å². The van der Waals surface area contributed by atoms with E-state index < -0.39 is 17.6 Å². The van der Waals surface area contributed by atoms with Crippen molar-refractivity contribution in [2.75, 3.05) is 6.61 Å². The van der Waals surface area contributed by atoms with Gasteiger partial charge in [-0.05, 0) is 30.7 Å². The minimum Gasteiger partial charge on any atom is -0.489 e. The second-order valence-corrected chi connectivity index (χ2v) is 8.38. The lowest BCUT2D eigenvalue weighted by Crippen LogP contribution is -2.16. The molecule has 0 aliphatic carbocycles. The molecule has 186 valence electrons. The Morgan fingerprint density at radius 1 is 0.829 bits per heavy atom. The quantitative estimate of drug-likeness (QED) is 0.120. The fraction of sp³-hybridized carbons (Fsp3) is 0.393. The largest absolute Gasteiger partial charge is 0.489 e. The predicted octanol–water partition coefficient (Wildman–Crippen LogP) is 6.46. The van der Waals surface area contributed by atoms with Gasteiger partial charge < -0.3 is 18.6 Å². The van der Waals surface area contributed by atoms with Crippen molar-refractivity contribution in [1.82, 2.24) is 0 Å². The molecule has 0 aliphatic heterocycles. The molecule has 35 heavy (non-hydrogen) atoms. The topological polar surface area (TPSA) is 92.0 Å². The third-order valence-corrected chi connectivity index (χ3v) is 5.50. The van der Waals surface area contributed by atoms with Crippen LogP contribution in [-0.2, 0) is 4.79 Å². The van der Waals surface area contributed by atoms with Crippen molar-refractivity contribution >= 4 is 22.9 Å². The van der Waals surface area contributed by atoms with Gasteiger partial charge in [0.2, 0.25) is 0 Å². The summed E-state index contributed by atoms with van der Waals surface area (Å²) in [7, 11) is 0. The summed E-state index contributed by atoms with van der Waals surface area (Å²) >= 11 is 0. The monoisotopic (exact) mass is 480 g/mol. The summed E-state index contributed by atoms with van der Waals surface area (Å²) in [4.78, 5) is 36.7. The second kappa shape index (κ2) is 13.3. The summed E-state index contributed by atoms with van der Waals surface area (Å²) in [5.41, 5.74) is -0.391. The number of fused-ring (bicyclic) bond motifs is 1. The molecule has 7 nitrogen and oxygen atoms in total. The molecule has 0 amide bonds. The van der Waals surface area contributed by atoms with Gasteiger partial charge in [-0.2, -0.15) is 0 Å². The van der Waals surface area contributed by atoms with Gasteiger partial charge in [-0.25, -0.2) is 9.59 Å². The molecule has 3 rings (SSSR count). The third-order valence-electron chi connectivity index (χ3n) is 5.50. The fourth-order valence-electron chi connectivity index (χ4n) is 3.73. The van der Waals surface area contributed by atoms with E-state index in [0.29, 0.717) is 17.6 Å². The van der Waals surface area contributed by atoms with Crippen LogP contribution < -0.4 is 19.8 Å². The summed E-state index contributed by atoms with van der Waals surface area (Å²) < 4.78 is 21.9. The van der Waals surface area contributed by atoms with Gasteiger partial charge in [0.15, 0.2) is 5.75 Å². The Kier molecular flexibility index (Phi) is 9.90. The molecular formula is C28H32O7. The number of hydrogen-bond acceptors (Lipinski definition) is 7. The van der Waals surface area contributed by atoms with E-state index in [-0.39, 0.29) is 22.8 Å². The highest BCUT2D eigenvalue weighted by Gasteiger charge is 2.22. The maximum absolute atomic E-state index is 12.8. The fourth-order valence-corrected chi connectivity index (χ4v) is 3.73. The SMILES string of the molecule is CCCCCCCCCCOc1c(OC(=O)c2ccccc2)c(=O)oc2cc(OC(C)=O)ccc12. The van der Waals surface area contributed by atoms with E-state index in [1.807, 2.05) is 0 Å². The molecule has 7 heteroatoms. The van der Waals surface area contributed by atoms with Gasteiger partial charge >= 0.3 is 17.6 Å². The van der Waals surface area contributed by atoms with Crippen molar-refractivity contribution in [3.63, 3.8) is 0 Å². The molecule has 3 aromatic rings. The molecule has 1 heterocycles. The Morgan fingerprint density at radius 3 is 2.20 bits per heavy atom. The van der Waals surface area contributed by atoms with Crippen molar-refractivity contribution in [2.24, 2.45) is 0 Å². The average molecular weight is 481 g/mol. The Hall–Kier alpha value is -3.61. The van der Waals surface area contributed by atoms with Gasteiger partial charge in [-0.3, -0.25) is 4.79 Å². The highest BCUT2D eigenvalue weighted by atomic mass is 16.6. The molecule has 0 N–H and O–H groups in total. The number of unbranched alkanes of at least 4 members (excludes halogenated alkanes) is 7. The molecule has 0 radical (unpaired) electrons. The van der Waals surface area contributed by atoms with Crippen LogP contribution in [0.1, 0.15) is 75.6 Å². The number of esters is 2. The van der Waals surface area contributed by atoms with E-state index in [9.17, 15) is 14.4 Å². The minimum atomic E-state index is -0.854. The summed E-state index contributed by atoms with van der Waals surface area (Å²) in [5.74, 6) is -1.11. The number of carbonyl (C=O) groups is 2. The molecule has 0 spiro atoms. The third kappa shape index (κ3) is 7.70. The average Bonchev–Trinajstić information content (AvgIpc) is 2.84. The van der Waals surface area contributed by atoms with E-state index >= 15 is 0 Å². The van der Waals surface area contributed by atoms with E-state index in [1.165, 1.54) is 45.1 Å². The first-order valence-corrected chi connectivity index (χ1v) is 12.2. The zero-order valence-electron chi connectivity index (χ0n) is 20.3. The van der Waals surface area contributed by atoms with Crippen molar-refractivity contribution in [2.45, 2.75) is 65.2 Å². The maximum Gasteiger partial charge on any atom is 0.383 e. The van der Waals surface area contributed by atoms with Gasteiger partial charge in [0.25, 0.3) is 5.75 Å². The highest BCUT2D eigenvalue weighted by Crippen LogP contribution is 2.35. The summed E-state index contributed by atoms with van der Waals surface area (Å²) in [6.07, 6.45) is 9.12. The predicted molar refractivity (Wildman–Crippen MR) is 133 cm³/mol. The molecule has 0 aliphatic rings. The summed E-state index contributed by atoms with van der Waals surface area (Å²) in [6.45, 7) is 3.84. The van der Waals surface area contributed by atoms with Crippen LogP contribution in [0.4, 0.5) is 0 Å². The zero-order chi connectivity index (χ0) is 25.0. The minimum absolute atomic E-state index is 0.137. The first-order chi connectivity index (χ1) is 17.0. The van der Waals surface area contributed by atoms with Gasteiger partial charge in [-0.1, -0.05) is 70.1 Å². The number of hydrogen-bond donors (Lipinski definition) is 0. The number of carbonyl (C=O) groups excluding carboxylic acids is 2. The molecule has 0 bridgehead atoms. The Balaban J connectivity index is 1.79. The van der Waals surface area contributed by atoms with E-state index in [4.69, 9.17) is 18.6 Å². The molecule has 0 unspecified atom stereocenters. The van der Waals surface area contributed by atoms with Gasteiger partial charge in [0, 0.05) is 13.0 Å². The highest BCUT2D eigenvalue weighted by molar-refractivity contribution is 5.93.